The highest BCUT2D eigenvalue weighted by atomic mass is 16.4. The van der Waals surface area contributed by atoms with Crippen LogP contribution in [0.2, 0.25) is 0 Å². The van der Waals surface area contributed by atoms with Crippen molar-refractivity contribution in [1.29, 1.82) is 0 Å². The van der Waals surface area contributed by atoms with Gasteiger partial charge in [0, 0.05) is 0 Å². The van der Waals surface area contributed by atoms with Crippen molar-refractivity contribution in [3.8, 4) is 11.8 Å². The van der Waals surface area contributed by atoms with E-state index >= 15 is 0 Å². The van der Waals surface area contributed by atoms with Crippen molar-refractivity contribution in [2.75, 3.05) is 0 Å². The third kappa shape index (κ3) is 2.90. The minimum absolute atomic E-state index is 0.231. The first-order valence-corrected chi connectivity index (χ1v) is 3.49. The predicted molar refractivity (Wildman–Crippen MR) is 44.1 cm³/mol. The zero-order valence-electron chi connectivity index (χ0n) is 7.06. The van der Waals surface area contributed by atoms with Crippen molar-refractivity contribution < 1.29 is 9.90 Å². The fraction of sp³-hybridized carbons (Fsp3) is 0.444. The van der Waals surface area contributed by atoms with Crippen LogP contribution in [0.5, 0.6) is 0 Å². The molecule has 0 fully saturated rings. The van der Waals surface area contributed by atoms with E-state index in [2.05, 4.69) is 11.8 Å². The summed E-state index contributed by atoms with van der Waals surface area (Å²) in [5.74, 6) is 4.21. The summed E-state index contributed by atoms with van der Waals surface area (Å²) in [6.07, 6.45) is 0.732. The normalized spacial score (nSPS) is 11.2. The molecule has 0 aromatic rings. The Labute approximate surface area is 66.9 Å². The molecule has 60 valence electrons. The maximum atomic E-state index is 10.5. The van der Waals surface area contributed by atoms with Crippen molar-refractivity contribution in [3.63, 3.8) is 0 Å². The van der Waals surface area contributed by atoms with Gasteiger partial charge in [0.2, 0.25) is 0 Å². The molecule has 0 amide bonds. The molecule has 1 N–H and O–H groups in total. The molecule has 0 radical (unpaired) electrons. The summed E-state index contributed by atoms with van der Waals surface area (Å²) >= 11 is 0. The molecule has 0 aromatic carbocycles. The molecule has 0 saturated heterocycles. The van der Waals surface area contributed by atoms with Crippen LogP contribution >= 0.6 is 0 Å². The van der Waals surface area contributed by atoms with Crippen LogP contribution in [0.4, 0.5) is 0 Å². The first kappa shape index (κ1) is 9.77. The average Bonchev–Trinajstić information content (AvgIpc) is 1.98. The molecule has 2 heteroatoms. The predicted octanol–water partition coefficient (Wildman–Crippen LogP) is 1.82. The smallest absolute Gasteiger partial charge is 0.344 e. The maximum absolute atomic E-state index is 10.5. The van der Waals surface area contributed by atoms with Crippen molar-refractivity contribution in [1.82, 2.24) is 0 Å². The van der Waals surface area contributed by atoms with Crippen LogP contribution in [0, 0.1) is 11.8 Å². The van der Waals surface area contributed by atoms with E-state index in [4.69, 9.17) is 5.11 Å². The molecule has 0 saturated carbocycles. The highest BCUT2D eigenvalue weighted by Gasteiger charge is 2.05. The molecule has 0 rings (SSSR count). The van der Waals surface area contributed by atoms with Gasteiger partial charge in [0.05, 0.1) is 0 Å². The number of allylic oxidation sites excluding steroid dienone is 1. The van der Waals surface area contributed by atoms with E-state index in [-0.39, 0.29) is 5.57 Å². The second-order valence-corrected chi connectivity index (χ2v) is 2.19. The summed E-state index contributed by atoms with van der Waals surface area (Å²) < 4.78 is 0. The van der Waals surface area contributed by atoms with Gasteiger partial charge in [-0.3, -0.25) is 0 Å². The van der Waals surface area contributed by atoms with Gasteiger partial charge < -0.3 is 5.11 Å². The third-order valence-electron chi connectivity index (χ3n) is 1.42. The highest BCUT2D eigenvalue weighted by molar-refractivity contribution is 5.92. The van der Waals surface area contributed by atoms with Crippen molar-refractivity contribution in [2.45, 2.75) is 27.2 Å². The molecule has 0 aliphatic carbocycles. The third-order valence-corrected chi connectivity index (χ3v) is 1.42. The quantitative estimate of drug-likeness (QED) is 0.484. The van der Waals surface area contributed by atoms with Crippen molar-refractivity contribution >= 4 is 5.97 Å². The molecule has 0 aliphatic heterocycles. The van der Waals surface area contributed by atoms with E-state index in [0.717, 1.165) is 12.0 Å². The van der Waals surface area contributed by atoms with Gasteiger partial charge in [-0.05, 0) is 20.3 Å². The number of carbonyl (C=O) groups is 1. The molecule has 0 unspecified atom stereocenters. The van der Waals surface area contributed by atoms with Gasteiger partial charge in [-0.15, -0.1) is 5.92 Å². The van der Waals surface area contributed by atoms with E-state index < -0.39 is 5.97 Å². The Balaban J connectivity index is 4.82. The second kappa shape index (κ2) is 4.56. The van der Waals surface area contributed by atoms with Gasteiger partial charge in [0.1, 0.15) is 5.57 Å². The molecular weight excluding hydrogens is 140 g/mol. The first-order valence-electron chi connectivity index (χ1n) is 3.49. The molecule has 0 spiro atoms. The summed E-state index contributed by atoms with van der Waals surface area (Å²) in [7, 11) is 0. The molecule has 0 heterocycles. The number of carboxylic acids is 1. The summed E-state index contributed by atoms with van der Waals surface area (Å²) in [4.78, 5) is 10.5. The van der Waals surface area contributed by atoms with E-state index in [1.54, 1.807) is 13.8 Å². The van der Waals surface area contributed by atoms with Crippen LogP contribution in [0.3, 0.4) is 0 Å². The lowest BCUT2D eigenvalue weighted by molar-refractivity contribution is -0.132. The second-order valence-electron chi connectivity index (χ2n) is 2.19. The molecule has 2 nitrogen and oxygen atoms in total. The first-order chi connectivity index (χ1) is 5.13. The minimum atomic E-state index is -0.932. The lowest BCUT2D eigenvalue weighted by Gasteiger charge is -1.96. The Morgan fingerprint density at radius 1 is 1.55 bits per heavy atom. The fourth-order valence-corrected chi connectivity index (χ4v) is 0.644. The lowest BCUT2D eigenvalue weighted by atomic mass is 10.1. The SMILES string of the molecule is CC#C/C(C(=O)O)=C(\C)CC. The van der Waals surface area contributed by atoms with E-state index in [1.165, 1.54) is 0 Å². The minimum Gasteiger partial charge on any atom is -0.477 e. The van der Waals surface area contributed by atoms with Crippen molar-refractivity contribution in [2.24, 2.45) is 0 Å². The van der Waals surface area contributed by atoms with Gasteiger partial charge in [0.25, 0.3) is 0 Å². The van der Waals surface area contributed by atoms with E-state index in [0.29, 0.717) is 0 Å². The fourth-order valence-electron chi connectivity index (χ4n) is 0.644. The maximum Gasteiger partial charge on any atom is 0.344 e. The number of hydrogen-bond acceptors (Lipinski definition) is 1. The standard InChI is InChI=1S/C9H12O2/c1-4-6-8(9(10)11)7(3)5-2/h5H2,1-3H3,(H,10,11)/b8-7-. The van der Waals surface area contributed by atoms with Crippen LogP contribution < -0.4 is 0 Å². The van der Waals surface area contributed by atoms with Crippen LogP contribution in [-0.2, 0) is 4.79 Å². The summed E-state index contributed by atoms with van der Waals surface area (Å²) in [6.45, 7) is 5.33. The number of carboxylic acid groups (broad SMARTS) is 1. The Kier molecular flexibility index (Phi) is 4.05. The topological polar surface area (TPSA) is 37.3 Å². The summed E-state index contributed by atoms with van der Waals surface area (Å²) in [6, 6.07) is 0. The Morgan fingerprint density at radius 3 is 2.36 bits per heavy atom. The van der Waals surface area contributed by atoms with E-state index in [9.17, 15) is 4.79 Å². The molecular formula is C9H12O2. The van der Waals surface area contributed by atoms with E-state index in [1.807, 2.05) is 6.92 Å². The van der Waals surface area contributed by atoms with Gasteiger partial charge in [0.15, 0.2) is 0 Å². The molecule has 0 aromatic heterocycles. The number of rotatable bonds is 2. The van der Waals surface area contributed by atoms with Gasteiger partial charge in [-0.2, -0.15) is 0 Å². The average molecular weight is 152 g/mol. The Bertz CT molecular complexity index is 238. The summed E-state index contributed by atoms with van der Waals surface area (Å²) in [5, 5.41) is 8.65. The van der Waals surface area contributed by atoms with Crippen LogP contribution in [0.25, 0.3) is 0 Å². The molecule has 11 heavy (non-hydrogen) atoms. The number of hydrogen-bond donors (Lipinski definition) is 1. The molecule has 0 atom stereocenters. The Morgan fingerprint density at radius 2 is 2.09 bits per heavy atom. The molecule has 0 aliphatic rings. The van der Waals surface area contributed by atoms with Crippen molar-refractivity contribution in [3.05, 3.63) is 11.1 Å². The lowest BCUT2D eigenvalue weighted by Crippen LogP contribution is -2.00. The highest BCUT2D eigenvalue weighted by Crippen LogP contribution is 2.06. The van der Waals surface area contributed by atoms with Crippen LogP contribution in [0.15, 0.2) is 11.1 Å². The zero-order chi connectivity index (χ0) is 8.85. The zero-order valence-corrected chi connectivity index (χ0v) is 7.06. The van der Waals surface area contributed by atoms with Crippen LogP contribution in [-0.4, -0.2) is 11.1 Å². The van der Waals surface area contributed by atoms with Gasteiger partial charge >= 0.3 is 5.97 Å². The largest absolute Gasteiger partial charge is 0.477 e. The van der Waals surface area contributed by atoms with Crippen LogP contribution in [0.1, 0.15) is 27.2 Å². The molecule has 0 bridgehead atoms. The number of aliphatic carboxylic acids is 1. The Hall–Kier alpha value is -1.23. The van der Waals surface area contributed by atoms with Gasteiger partial charge in [-0.1, -0.05) is 18.4 Å². The monoisotopic (exact) mass is 152 g/mol. The van der Waals surface area contributed by atoms with Gasteiger partial charge in [-0.25, -0.2) is 4.79 Å². The summed E-state index contributed by atoms with van der Waals surface area (Å²) in [5.41, 5.74) is 1.06.